The van der Waals surface area contributed by atoms with Crippen LogP contribution in [0.25, 0.3) is 0 Å². The molecule has 1 unspecified atom stereocenters. The Bertz CT molecular complexity index is 665. The summed E-state index contributed by atoms with van der Waals surface area (Å²) >= 11 is 0. The maximum absolute atomic E-state index is 12.7. The molecule has 0 aromatic heterocycles. The molecule has 1 atom stereocenters. The standard InChI is InChI=1S/C11H12F2N2O5S/c1-20-10-3-2-7(6-9(10)15(16)17)21(18,19)14-5-4-8(14)11(12)13/h2-3,6,8,11H,4-5H2,1H3. The number of benzene rings is 1. The quantitative estimate of drug-likeness (QED) is 0.607. The molecule has 0 saturated carbocycles. The Morgan fingerprint density at radius 3 is 2.57 bits per heavy atom. The summed E-state index contributed by atoms with van der Waals surface area (Å²) in [4.78, 5) is 9.69. The predicted octanol–water partition coefficient (Wildman–Crippen LogP) is 1.63. The molecule has 21 heavy (non-hydrogen) atoms. The SMILES string of the molecule is COc1ccc(S(=O)(=O)N2CCC2C(F)F)cc1[N+](=O)[O-]. The molecule has 0 N–H and O–H groups in total. The van der Waals surface area contributed by atoms with Crippen molar-refractivity contribution < 1.29 is 26.9 Å². The molecule has 0 radical (unpaired) electrons. The van der Waals surface area contributed by atoms with E-state index in [1.807, 2.05) is 0 Å². The lowest BCUT2D eigenvalue weighted by Gasteiger charge is -2.38. The number of halogens is 2. The van der Waals surface area contributed by atoms with Gasteiger partial charge in [0.1, 0.15) is 0 Å². The highest BCUT2D eigenvalue weighted by molar-refractivity contribution is 7.89. The highest BCUT2D eigenvalue weighted by atomic mass is 32.2. The van der Waals surface area contributed by atoms with Crippen molar-refractivity contribution in [2.45, 2.75) is 23.8 Å². The van der Waals surface area contributed by atoms with E-state index in [9.17, 15) is 27.3 Å². The van der Waals surface area contributed by atoms with Crippen LogP contribution in [0, 0.1) is 10.1 Å². The van der Waals surface area contributed by atoms with Crippen molar-refractivity contribution in [1.82, 2.24) is 4.31 Å². The Morgan fingerprint density at radius 1 is 1.48 bits per heavy atom. The summed E-state index contributed by atoms with van der Waals surface area (Å²) in [6.45, 7) is -0.0306. The van der Waals surface area contributed by atoms with Crippen LogP contribution >= 0.6 is 0 Å². The molecule has 0 amide bonds. The molecule has 0 aliphatic carbocycles. The molecular weight excluding hydrogens is 310 g/mol. The zero-order chi connectivity index (χ0) is 15.8. The maximum atomic E-state index is 12.7. The summed E-state index contributed by atoms with van der Waals surface area (Å²) in [5.41, 5.74) is -0.535. The van der Waals surface area contributed by atoms with E-state index in [4.69, 9.17) is 4.74 Å². The van der Waals surface area contributed by atoms with E-state index in [0.717, 1.165) is 18.2 Å². The van der Waals surface area contributed by atoms with Crippen LogP contribution in [0.1, 0.15) is 6.42 Å². The van der Waals surface area contributed by atoms with Gasteiger partial charge < -0.3 is 4.74 Å². The largest absolute Gasteiger partial charge is 0.490 e. The number of methoxy groups -OCH3 is 1. The van der Waals surface area contributed by atoms with Gasteiger partial charge in [-0.2, -0.15) is 4.31 Å². The van der Waals surface area contributed by atoms with Crippen molar-refractivity contribution in [2.75, 3.05) is 13.7 Å². The van der Waals surface area contributed by atoms with Crippen molar-refractivity contribution in [2.24, 2.45) is 0 Å². The van der Waals surface area contributed by atoms with E-state index in [-0.39, 0.29) is 18.7 Å². The second kappa shape index (κ2) is 5.53. The molecule has 0 bridgehead atoms. The van der Waals surface area contributed by atoms with E-state index < -0.39 is 38.0 Å². The Hall–Kier alpha value is -1.81. The van der Waals surface area contributed by atoms with E-state index in [1.165, 1.54) is 7.11 Å². The number of nitrogens with zero attached hydrogens (tertiary/aromatic N) is 2. The molecule has 1 aromatic rings. The first-order chi connectivity index (χ1) is 9.78. The fourth-order valence-electron chi connectivity index (χ4n) is 2.04. The first kappa shape index (κ1) is 15.6. The molecule has 1 fully saturated rings. The molecule has 1 aliphatic heterocycles. The average molecular weight is 322 g/mol. The molecular formula is C11H12F2N2O5S. The average Bonchev–Trinajstić information content (AvgIpc) is 2.35. The minimum absolute atomic E-state index is 0.0306. The summed E-state index contributed by atoms with van der Waals surface area (Å²) in [5, 5.41) is 10.9. The monoisotopic (exact) mass is 322 g/mol. The molecule has 116 valence electrons. The predicted molar refractivity (Wildman–Crippen MR) is 67.9 cm³/mol. The molecule has 1 heterocycles. The molecule has 0 spiro atoms. The maximum Gasteiger partial charge on any atom is 0.312 e. The first-order valence-corrected chi connectivity index (χ1v) is 7.35. The third-order valence-corrected chi connectivity index (χ3v) is 5.18. The highest BCUT2D eigenvalue weighted by Gasteiger charge is 2.44. The molecule has 1 aliphatic rings. The third-order valence-electron chi connectivity index (χ3n) is 3.26. The van der Waals surface area contributed by atoms with E-state index >= 15 is 0 Å². The lowest BCUT2D eigenvalue weighted by atomic mass is 10.1. The number of hydrogen-bond acceptors (Lipinski definition) is 5. The van der Waals surface area contributed by atoms with Gasteiger partial charge in [0.15, 0.2) is 5.75 Å². The van der Waals surface area contributed by atoms with Crippen LogP contribution in [0.3, 0.4) is 0 Å². The number of ether oxygens (including phenoxy) is 1. The van der Waals surface area contributed by atoms with Gasteiger partial charge in [0.25, 0.3) is 6.43 Å². The van der Waals surface area contributed by atoms with Crippen molar-refractivity contribution in [3.05, 3.63) is 28.3 Å². The fourth-order valence-corrected chi connectivity index (χ4v) is 3.71. The molecule has 1 aromatic carbocycles. The van der Waals surface area contributed by atoms with Gasteiger partial charge in [-0.15, -0.1) is 0 Å². The smallest absolute Gasteiger partial charge is 0.312 e. The van der Waals surface area contributed by atoms with Crippen LogP contribution in [-0.4, -0.2) is 43.8 Å². The van der Waals surface area contributed by atoms with Crippen molar-refractivity contribution >= 4 is 15.7 Å². The van der Waals surface area contributed by atoms with E-state index in [2.05, 4.69) is 0 Å². The van der Waals surface area contributed by atoms with Crippen LogP contribution in [0.15, 0.2) is 23.1 Å². The van der Waals surface area contributed by atoms with Gasteiger partial charge in [-0.05, 0) is 18.6 Å². The summed E-state index contributed by atoms with van der Waals surface area (Å²) in [5.74, 6) is -0.104. The topological polar surface area (TPSA) is 89.8 Å². The Balaban J connectivity index is 2.42. The summed E-state index contributed by atoms with van der Waals surface area (Å²) in [7, 11) is -2.98. The van der Waals surface area contributed by atoms with Gasteiger partial charge in [0.2, 0.25) is 10.0 Å². The zero-order valence-corrected chi connectivity index (χ0v) is 11.7. The highest BCUT2D eigenvalue weighted by Crippen LogP contribution is 2.34. The lowest BCUT2D eigenvalue weighted by molar-refractivity contribution is -0.386. The Morgan fingerprint density at radius 2 is 2.14 bits per heavy atom. The molecule has 7 nitrogen and oxygen atoms in total. The van der Waals surface area contributed by atoms with Gasteiger partial charge >= 0.3 is 5.69 Å². The van der Waals surface area contributed by atoms with Crippen molar-refractivity contribution in [1.29, 1.82) is 0 Å². The number of sulfonamides is 1. The fraction of sp³-hybridized carbons (Fsp3) is 0.455. The number of hydrogen-bond donors (Lipinski definition) is 0. The zero-order valence-electron chi connectivity index (χ0n) is 10.9. The first-order valence-electron chi connectivity index (χ1n) is 5.91. The van der Waals surface area contributed by atoms with Crippen LogP contribution in [0.5, 0.6) is 5.75 Å². The Labute approximate surface area is 119 Å². The van der Waals surface area contributed by atoms with Gasteiger partial charge in [0.05, 0.1) is 23.0 Å². The Kier molecular flexibility index (Phi) is 4.10. The summed E-state index contributed by atoms with van der Waals surface area (Å²) in [6.07, 6.45) is -2.73. The van der Waals surface area contributed by atoms with Gasteiger partial charge in [0, 0.05) is 12.6 Å². The molecule has 10 heteroatoms. The van der Waals surface area contributed by atoms with E-state index in [0.29, 0.717) is 4.31 Å². The number of rotatable bonds is 5. The van der Waals surface area contributed by atoms with Gasteiger partial charge in [-0.25, -0.2) is 17.2 Å². The summed E-state index contributed by atoms with van der Waals surface area (Å²) < 4.78 is 55.2. The van der Waals surface area contributed by atoms with Crippen LogP contribution in [0.2, 0.25) is 0 Å². The van der Waals surface area contributed by atoms with Crippen LogP contribution in [0.4, 0.5) is 14.5 Å². The van der Waals surface area contributed by atoms with Crippen molar-refractivity contribution in [3.8, 4) is 5.75 Å². The van der Waals surface area contributed by atoms with Crippen LogP contribution in [-0.2, 0) is 10.0 Å². The van der Waals surface area contributed by atoms with Gasteiger partial charge in [-0.3, -0.25) is 10.1 Å². The normalized spacial score (nSPS) is 19.3. The second-order valence-corrected chi connectivity index (χ2v) is 6.29. The minimum atomic E-state index is -4.18. The third kappa shape index (κ3) is 2.68. The van der Waals surface area contributed by atoms with Crippen LogP contribution < -0.4 is 4.74 Å². The number of nitro benzene ring substituents is 1. The molecule has 2 rings (SSSR count). The number of alkyl halides is 2. The summed E-state index contributed by atoms with van der Waals surface area (Å²) in [6, 6.07) is 1.66. The minimum Gasteiger partial charge on any atom is -0.490 e. The molecule has 1 saturated heterocycles. The number of nitro groups is 1. The second-order valence-electron chi connectivity index (χ2n) is 4.40. The van der Waals surface area contributed by atoms with Crippen molar-refractivity contribution in [3.63, 3.8) is 0 Å². The van der Waals surface area contributed by atoms with Gasteiger partial charge in [-0.1, -0.05) is 0 Å². The lowest BCUT2D eigenvalue weighted by Crippen LogP contribution is -2.54. The van der Waals surface area contributed by atoms with E-state index in [1.54, 1.807) is 0 Å².